The molecule has 0 saturated carbocycles. The van der Waals surface area contributed by atoms with Crippen molar-refractivity contribution in [3.05, 3.63) is 53.9 Å². The Kier molecular flexibility index (Phi) is 4.03. The molecule has 0 fully saturated rings. The number of hydrogen-bond donors (Lipinski definition) is 2. The van der Waals surface area contributed by atoms with Crippen LogP contribution < -0.4 is 14.8 Å². The summed E-state index contributed by atoms with van der Waals surface area (Å²) in [5.74, 6) is 1.85. The molecule has 0 radical (unpaired) electrons. The molecule has 1 amide bonds. The summed E-state index contributed by atoms with van der Waals surface area (Å²) >= 11 is 0. The summed E-state index contributed by atoms with van der Waals surface area (Å²) in [5, 5.41) is 2.82. The molecule has 134 valence electrons. The van der Waals surface area contributed by atoms with Gasteiger partial charge in [-0.3, -0.25) is 4.79 Å². The van der Waals surface area contributed by atoms with Gasteiger partial charge >= 0.3 is 0 Å². The van der Waals surface area contributed by atoms with Gasteiger partial charge in [-0.15, -0.1) is 0 Å². The first kappa shape index (κ1) is 16.4. The van der Waals surface area contributed by atoms with Crippen LogP contribution in [0.1, 0.15) is 25.2 Å². The van der Waals surface area contributed by atoms with Crippen molar-refractivity contribution < 1.29 is 14.3 Å². The van der Waals surface area contributed by atoms with E-state index >= 15 is 0 Å². The van der Waals surface area contributed by atoms with Crippen LogP contribution in [0.5, 0.6) is 11.5 Å². The number of rotatable bonds is 5. The van der Waals surface area contributed by atoms with Crippen LogP contribution in [0.4, 0.5) is 0 Å². The van der Waals surface area contributed by atoms with Crippen molar-refractivity contribution in [3.63, 3.8) is 0 Å². The fourth-order valence-electron chi connectivity index (χ4n) is 3.17. The Morgan fingerprint density at radius 2 is 2.12 bits per heavy atom. The third kappa shape index (κ3) is 3.35. The van der Waals surface area contributed by atoms with Crippen molar-refractivity contribution in [3.8, 4) is 11.5 Å². The van der Waals surface area contributed by atoms with E-state index in [4.69, 9.17) is 9.47 Å². The highest BCUT2D eigenvalue weighted by molar-refractivity contribution is 5.78. The van der Waals surface area contributed by atoms with Crippen LogP contribution >= 0.6 is 0 Å². The number of H-pyrrole nitrogens is 1. The number of carbonyl (C=O) groups is 1. The Labute approximate surface area is 151 Å². The maximum absolute atomic E-state index is 12.1. The molecule has 3 aromatic rings. The third-order valence-corrected chi connectivity index (χ3v) is 4.31. The van der Waals surface area contributed by atoms with Gasteiger partial charge in [0.25, 0.3) is 5.91 Å². The molecule has 1 aliphatic rings. The molecule has 0 spiro atoms. The zero-order valence-electron chi connectivity index (χ0n) is 14.8. The highest BCUT2D eigenvalue weighted by Gasteiger charge is 2.32. The van der Waals surface area contributed by atoms with E-state index in [1.807, 2.05) is 56.3 Å². The van der Waals surface area contributed by atoms with E-state index in [0.29, 0.717) is 18.1 Å². The molecule has 2 aromatic carbocycles. The molecule has 2 N–H and O–H groups in total. The maximum Gasteiger partial charge on any atom is 0.258 e. The molecule has 1 aromatic heterocycles. The minimum atomic E-state index is -0.245. The fourth-order valence-corrected chi connectivity index (χ4v) is 3.17. The third-order valence-electron chi connectivity index (χ3n) is 4.31. The number of nitrogens with one attached hydrogen (secondary N) is 2. The van der Waals surface area contributed by atoms with Crippen molar-refractivity contribution in [2.24, 2.45) is 0 Å². The van der Waals surface area contributed by atoms with Gasteiger partial charge in [0.15, 0.2) is 18.1 Å². The lowest BCUT2D eigenvalue weighted by molar-refractivity contribution is -0.123. The van der Waals surface area contributed by atoms with E-state index in [0.717, 1.165) is 28.8 Å². The molecule has 0 unspecified atom stereocenters. The number of benzene rings is 2. The van der Waals surface area contributed by atoms with Crippen molar-refractivity contribution in [2.45, 2.75) is 32.4 Å². The van der Waals surface area contributed by atoms with Crippen LogP contribution in [-0.4, -0.2) is 28.1 Å². The Bertz CT molecular complexity index is 929. The molecular weight excluding hydrogens is 330 g/mol. The smallest absolute Gasteiger partial charge is 0.258 e. The van der Waals surface area contributed by atoms with Crippen LogP contribution in [-0.2, 0) is 17.8 Å². The second-order valence-electron chi connectivity index (χ2n) is 7.05. The van der Waals surface area contributed by atoms with Gasteiger partial charge in [-0.25, -0.2) is 4.98 Å². The summed E-state index contributed by atoms with van der Waals surface area (Å²) in [6.07, 6.45) is 0.831. The van der Waals surface area contributed by atoms with Gasteiger partial charge in [0, 0.05) is 12.0 Å². The highest BCUT2D eigenvalue weighted by Crippen LogP contribution is 2.41. The molecule has 2 heterocycles. The standard InChI is InChI=1S/C20H21N3O3/c1-20(2)10-13-6-5-9-16(19(13)26-20)25-12-18(24)21-11-17-22-14-7-3-4-8-15(14)23-17/h3-9H,10-12H2,1-2H3,(H,21,24)(H,22,23). The Morgan fingerprint density at radius 3 is 2.96 bits per heavy atom. The highest BCUT2D eigenvalue weighted by atomic mass is 16.5. The van der Waals surface area contributed by atoms with Crippen LogP contribution in [0.25, 0.3) is 11.0 Å². The first-order chi connectivity index (χ1) is 12.5. The van der Waals surface area contributed by atoms with Crippen LogP contribution in [0.3, 0.4) is 0 Å². The largest absolute Gasteiger partial charge is 0.483 e. The van der Waals surface area contributed by atoms with Crippen molar-refractivity contribution in [1.29, 1.82) is 0 Å². The van der Waals surface area contributed by atoms with Gasteiger partial charge in [0.2, 0.25) is 0 Å². The Morgan fingerprint density at radius 1 is 1.27 bits per heavy atom. The fraction of sp³-hybridized carbons (Fsp3) is 0.300. The van der Waals surface area contributed by atoms with Crippen molar-refractivity contribution in [1.82, 2.24) is 15.3 Å². The predicted octanol–water partition coefficient (Wildman–Crippen LogP) is 2.97. The summed E-state index contributed by atoms with van der Waals surface area (Å²) in [6.45, 7) is 4.33. The summed E-state index contributed by atoms with van der Waals surface area (Å²) in [5.41, 5.74) is 2.70. The van der Waals surface area contributed by atoms with Gasteiger partial charge in [-0.05, 0) is 32.0 Å². The van der Waals surface area contributed by atoms with Crippen molar-refractivity contribution >= 4 is 16.9 Å². The molecule has 0 saturated heterocycles. The number of aromatic amines is 1. The monoisotopic (exact) mass is 351 g/mol. The van der Waals surface area contributed by atoms with Gasteiger partial charge in [0.1, 0.15) is 11.4 Å². The first-order valence-electron chi connectivity index (χ1n) is 8.64. The quantitative estimate of drug-likeness (QED) is 0.741. The topological polar surface area (TPSA) is 76.2 Å². The average Bonchev–Trinajstić information content (AvgIpc) is 3.16. The number of nitrogens with zero attached hydrogens (tertiary/aromatic N) is 1. The molecule has 4 rings (SSSR count). The van der Waals surface area contributed by atoms with E-state index in [-0.39, 0.29) is 18.1 Å². The maximum atomic E-state index is 12.1. The van der Waals surface area contributed by atoms with E-state index < -0.39 is 0 Å². The first-order valence-corrected chi connectivity index (χ1v) is 8.64. The molecule has 6 nitrogen and oxygen atoms in total. The number of carbonyl (C=O) groups excluding carboxylic acids is 1. The number of hydrogen-bond acceptors (Lipinski definition) is 4. The summed E-state index contributed by atoms with van der Waals surface area (Å²) < 4.78 is 11.6. The molecular formula is C20H21N3O3. The summed E-state index contributed by atoms with van der Waals surface area (Å²) in [7, 11) is 0. The predicted molar refractivity (Wildman–Crippen MR) is 98.3 cm³/mol. The second kappa shape index (κ2) is 6.37. The summed E-state index contributed by atoms with van der Waals surface area (Å²) in [4.78, 5) is 19.7. The zero-order valence-corrected chi connectivity index (χ0v) is 14.8. The van der Waals surface area contributed by atoms with Gasteiger partial charge in [-0.2, -0.15) is 0 Å². The minimum Gasteiger partial charge on any atom is -0.483 e. The number of fused-ring (bicyclic) bond motifs is 2. The van der Waals surface area contributed by atoms with Crippen LogP contribution in [0.2, 0.25) is 0 Å². The molecule has 26 heavy (non-hydrogen) atoms. The zero-order chi connectivity index (χ0) is 18.1. The Balaban J connectivity index is 1.34. The van der Waals surface area contributed by atoms with Gasteiger partial charge in [-0.1, -0.05) is 24.3 Å². The van der Waals surface area contributed by atoms with Crippen LogP contribution in [0.15, 0.2) is 42.5 Å². The second-order valence-corrected chi connectivity index (χ2v) is 7.05. The van der Waals surface area contributed by atoms with Gasteiger partial charge in [0.05, 0.1) is 17.6 Å². The normalized spacial score (nSPS) is 14.7. The van der Waals surface area contributed by atoms with Gasteiger partial charge < -0.3 is 19.8 Å². The lowest BCUT2D eigenvalue weighted by Gasteiger charge is -2.18. The molecule has 6 heteroatoms. The van der Waals surface area contributed by atoms with E-state index in [1.165, 1.54) is 0 Å². The molecule has 0 bridgehead atoms. The average molecular weight is 351 g/mol. The number of aromatic nitrogens is 2. The summed E-state index contributed by atoms with van der Waals surface area (Å²) in [6, 6.07) is 13.5. The number of amides is 1. The molecule has 1 aliphatic heterocycles. The SMILES string of the molecule is CC1(C)Cc2cccc(OCC(=O)NCc3nc4ccccc4[nH]3)c2O1. The lowest BCUT2D eigenvalue weighted by Crippen LogP contribution is -2.29. The lowest BCUT2D eigenvalue weighted by atomic mass is 10.0. The molecule has 0 atom stereocenters. The number of para-hydroxylation sites is 3. The van der Waals surface area contributed by atoms with E-state index in [9.17, 15) is 4.79 Å². The Hall–Kier alpha value is -3.02. The van der Waals surface area contributed by atoms with E-state index in [2.05, 4.69) is 15.3 Å². The number of imidazole rings is 1. The van der Waals surface area contributed by atoms with Crippen LogP contribution in [0, 0.1) is 0 Å². The van der Waals surface area contributed by atoms with E-state index in [1.54, 1.807) is 0 Å². The van der Waals surface area contributed by atoms with Crippen molar-refractivity contribution in [2.75, 3.05) is 6.61 Å². The minimum absolute atomic E-state index is 0.0690. The molecule has 0 aliphatic carbocycles. The number of ether oxygens (including phenoxy) is 2.